The number of pyridine rings is 2. The quantitative estimate of drug-likeness (QED) is 0.563. The van der Waals surface area contributed by atoms with Crippen molar-refractivity contribution in [3.8, 4) is 22.3 Å². The van der Waals surface area contributed by atoms with E-state index >= 15 is 0 Å². The van der Waals surface area contributed by atoms with Crippen LogP contribution in [-0.4, -0.2) is 31.7 Å². The van der Waals surface area contributed by atoms with Crippen LogP contribution in [0.15, 0.2) is 55.1 Å². The van der Waals surface area contributed by atoms with Gasteiger partial charge in [-0.2, -0.15) is 5.10 Å². The molecule has 144 valence electrons. The summed E-state index contributed by atoms with van der Waals surface area (Å²) in [5.41, 5.74) is 11.2. The van der Waals surface area contributed by atoms with Crippen LogP contribution in [0.5, 0.6) is 0 Å². The molecule has 1 aromatic carbocycles. The maximum atomic E-state index is 12.5. The van der Waals surface area contributed by atoms with Crippen LogP contribution >= 0.6 is 0 Å². The van der Waals surface area contributed by atoms with E-state index < -0.39 is 0 Å². The molecule has 29 heavy (non-hydrogen) atoms. The first-order chi connectivity index (χ1) is 14.1. The number of hydrogen-bond donors (Lipinski definition) is 2. The minimum absolute atomic E-state index is 0.102. The first-order valence-electron chi connectivity index (χ1n) is 9.53. The average molecular weight is 384 g/mol. The predicted octanol–water partition coefficient (Wildman–Crippen LogP) is 3.17. The molecule has 0 spiro atoms. The van der Waals surface area contributed by atoms with Crippen molar-refractivity contribution in [2.75, 3.05) is 5.73 Å². The third-order valence-electron chi connectivity index (χ3n) is 5.16. The van der Waals surface area contributed by atoms with Gasteiger partial charge in [0.25, 0.3) is 5.91 Å². The summed E-state index contributed by atoms with van der Waals surface area (Å²) in [7, 11) is 1.90. The van der Waals surface area contributed by atoms with Crippen LogP contribution in [-0.2, 0) is 7.05 Å². The third-order valence-corrected chi connectivity index (χ3v) is 5.16. The fraction of sp³-hybridized carbons (Fsp3) is 0.182. The van der Waals surface area contributed by atoms with E-state index in [1.165, 1.54) is 0 Å². The van der Waals surface area contributed by atoms with Crippen molar-refractivity contribution in [2.24, 2.45) is 7.05 Å². The van der Waals surface area contributed by atoms with E-state index in [9.17, 15) is 4.79 Å². The second kappa shape index (κ2) is 6.70. The molecule has 5 rings (SSSR count). The van der Waals surface area contributed by atoms with Crippen molar-refractivity contribution >= 4 is 22.6 Å². The van der Waals surface area contributed by atoms with E-state index in [1.54, 1.807) is 17.1 Å². The highest BCUT2D eigenvalue weighted by Gasteiger charge is 2.24. The summed E-state index contributed by atoms with van der Waals surface area (Å²) in [5.74, 6) is 0.250. The normalized spacial score (nSPS) is 13.6. The fourth-order valence-electron chi connectivity index (χ4n) is 3.40. The molecule has 0 radical (unpaired) electrons. The van der Waals surface area contributed by atoms with E-state index in [0.29, 0.717) is 22.9 Å². The van der Waals surface area contributed by atoms with E-state index in [0.717, 1.165) is 40.5 Å². The van der Waals surface area contributed by atoms with Crippen LogP contribution in [0.4, 0.5) is 5.82 Å². The molecular formula is C22H20N6O. The molecule has 1 saturated carbocycles. The molecule has 7 heteroatoms. The van der Waals surface area contributed by atoms with E-state index in [4.69, 9.17) is 5.73 Å². The lowest BCUT2D eigenvalue weighted by Gasteiger charge is -2.10. The second-order valence-corrected chi connectivity index (χ2v) is 7.41. The van der Waals surface area contributed by atoms with Gasteiger partial charge < -0.3 is 11.1 Å². The maximum Gasteiger partial charge on any atom is 0.253 e. The van der Waals surface area contributed by atoms with E-state index in [-0.39, 0.29) is 5.91 Å². The topological polar surface area (TPSA) is 98.7 Å². The molecule has 0 saturated heterocycles. The molecule has 1 amide bonds. The molecule has 7 nitrogen and oxygen atoms in total. The standard InChI is InChI=1S/C22H20N6O/c1-28-12-16(10-26-28)13-2-4-14(5-3-13)19-11-25-21(23)20-18(19)8-15(9-24-20)22(29)27-17-6-7-17/h2-5,8-12,17H,6-7H2,1H3,(H2,23,25)(H,27,29). The van der Waals surface area contributed by atoms with E-state index in [1.807, 2.05) is 49.8 Å². The molecule has 4 aromatic rings. The number of amides is 1. The number of benzene rings is 1. The fourth-order valence-corrected chi connectivity index (χ4v) is 3.40. The summed E-state index contributed by atoms with van der Waals surface area (Å²) < 4.78 is 1.78. The van der Waals surface area contributed by atoms with Crippen molar-refractivity contribution < 1.29 is 4.79 Å². The number of aromatic nitrogens is 4. The zero-order valence-electron chi connectivity index (χ0n) is 16.0. The molecule has 0 bridgehead atoms. The Hall–Kier alpha value is -3.74. The van der Waals surface area contributed by atoms with Crippen LogP contribution in [0.2, 0.25) is 0 Å². The molecule has 0 unspecified atom stereocenters. The number of carbonyl (C=O) groups excluding carboxylic acids is 1. The van der Waals surface area contributed by atoms with E-state index in [2.05, 4.69) is 20.4 Å². The zero-order chi connectivity index (χ0) is 20.0. The molecule has 0 aliphatic heterocycles. The molecule has 3 aromatic heterocycles. The number of hydrogen-bond acceptors (Lipinski definition) is 5. The van der Waals surface area contributed by atoms with Gasteiger partial charge in [-0.3, -0.25) is 14.5 Å². The Morgan fingerprint density at radius 2 is 1.83 bits per heavy atom. The smallest absolute Gasteiger partial charge is 0.253 e. The number of anilines is 1. The van der Waals surface area contributed by atoms with Gasteiger partial charge in [0.05, 0.1) is 11.8 Å². The van der Waals surface area contributed by atoms with Crippen LogP contribution in [0.1, 0.15) is 23.2 Å². The molecule has 1 fully saturated rings. The van der Waals surface area contributed by atoms with Gasteiger partial charge in [0.2, 0.25) is 0 Å². The number of fused-ring (bicyclic) bond motifs is 1. The molecular weight excluding hydrogens is 364 g/mol. The molecule has 1 aliphatic carbocycles. The summed E-state index contributed by atoms with van der Waals surface area (Å²) in [6, 6.07) is 10.3. The number of nitrogens with one attached hydrogen (secondary N) is 1. The van der Waals surface area contributed by atoms with Gasteiger partial charge in [-0.1, -0.05) is 24.3 Å². The Balaban J connectivity index is 1.56. The summed E-state index contributed by atoms with van der Waals surface area (Å²) in [6.07, 6.45) is 9.19. The number of aryl methyl sites for hydroxylation is 1. The van der Waals surface area contributed by atoms with Crippen LogP contribution in [0.3, 0.4) is 0 Å². The highest BCUT2D eigenvalue weighted by Crippen LogP contribution is 2.32. The number of nitrogens with zero attached hydrogens (tertiary/aromatic N) is 4. The number of carbonyl (C=O) groups is 1. The van der Waals surface area contributed by atoms with Crippen molar-refractivity contribution in [3.63, 3.8) is 0 Å². The largest absolute Gasteiger partial charge is 0.382 e. The lowest BCUT2D eigenvalue weighted by atomic mass is 9.99. The number of nitrogens with two attached hydrogens (primary N) is 1. The number of nitrogen functional groups attached to an aromatic ring is 1. The molecule has 0 atom stereocenters. The first-order valence-corrected chi connectivity index (χ1v) is 9.53. The highest BCUT2D eigenvalue weighted by molar-refractivity contribution is 6.04. The SMILES string of the molecule is Cn1cc(-c2ccc(-c3cnc(N)c4ncc(C(=O)NC5CC5)cc34)cc2)cn1. The van der Waals surface area contributed by atoms with Gasteiger partial charge in [0.15, 0.2) is 0 Å². The van der Waals surface area contributed by atoms with Crippen LogP contribution in [0.25, 0.3) is 33.2 Å². The Labute approximate surface area is 167 Å². The minimum atomic E-state index is -0.102. The number of rotatable bonds is 4. The predicted molar refractivity (Wildman–Crippen MR) is 112 cm³/mol. The Morgan fingerprint density at radius 3 is 2.52 bits per heavy atom. The second-order valence-electron chi connectivity index (χ2n) is 7.41. The van der Waals surface area contributed by atoms with Crippen molar-refractivity contribution in [1.82, 2.24) is 25.1 Å². The van der Waals surface area contributed by atoms with Crippen LogP contribution in [0, 0.1) is 0 Å². The Morgan fingerprint density at radius 1 is 1.07 bits per heavy atom. The highest BCUT2D eigenvalue weighted by atomic mass is 16.1. The van der Waals surface area contributed by atoms with Gasteiger partial charge >= 0.3 is 0 Å². The lowest BCUT2D eigenvalue weighted by Crippen LogP contribution is -2.25. The van der Waals surface area contributed by atoms with Crippen molar-refractivity contribution in [1.29, 1.82) is 0 Å². The monoisotopic (exact) mass is 384 g/mol. The lowest BCUT2D eigenvalue weighted by molar-refractivity contribution is 0.0951. The van der Waals surface area contributed by atoms with Gasteiger partial charge in [-0.25, -0.2) is 4.98 Å². The molecule has 1 aliphatic rings. The Bertz CT molecular complexity index is 1220. The van der Waals surface area contributed by atoms with Crippen molar-refractivity contribution in [2.45, 2.75) is 18.9 Å². The Kier molecular flexibility index (Phi) is 4.01. The van der Waals surface area contributed by atoms with Crippen molar-refractivity contribution in [3.05, 3.63) is 60.7 Å². The summed E-state index contributed by atoms with van der Waals surface area (Å²) in [6.45, 7) is 0. The summed E-state index contributed by atoms with van der Waals surface area (Å²) in [5, 5.41) is 8.04. The first kappa shape index (κ1) is 17.4. The molecule has 3 heterocycles. The van der Waals surface area contributed by atoms with Gasteiger partial charge in [-0.15, -0.1) is 0 Å². The summed E-state index contributed by atoms with van der Waals surface area (Å²) >= 11 is 0. The van der Waals surface area contributed by atoms with Gasteiger partial charge in [0, 0.05) is 48.2 Å². The third kappa shape index (κ3) is 3.31. The van der Waals surface area contributed by atoms with Crippen LogP contribution < -0.4 is 11.1 Å². The minimum Gasteiger partial charge on any atom is -0.382 e. The van der Waals surface area contributed by atoms with Gasteiger partial charge in [0.1, 0.15) is 11.3 Å². The zero-order valence-corrected chi connectivity index (χ0v) is 16.0. The maximum absolute atomic E-state index is 12.5. The molecule has 3 N–H and O–H groups in total. The summed E-state index contributed by atoms with van der Waals surface area (Å²) in [4.78, 5) is 21.2. The van der Waals surface area contributed by atoms with Gasteiger partial charge in [-0.05, 0) is 30.0 Å². The average Bonchev–Trinajstić information content (AvgIpc) is 3.45.